The molecule has 2 aromatic carbocycles. The predicted molar refractivity (Wildman–Crippen MR) is 119 cm³/mol. The molecule has 3 heterocycles. The smallest absolute Gasteiger partial charge is 0.237 e. The molecule has 6 nitrogen and oxygen atoms in total. The van der Waals surface area contributed by atoms with Crippen LogP contribution in [0.1, 0.15) is 30.0 Å². The van der Waals surface area contributed by atoms with Crippen molar-refractivity contribution < 1.29 is 18.7 Å². The van der Waals surface area contributed by atoms with Gasteiger partial charge in [-0.2, -0.15) is 0 Å². The number of ether oxygens (including phenoxy) is 2. The Morgan fingerprint density at radius 1 is 0.938 bits per heavy atom. The third kappa shape index (κ3) is 4.59. The summed E-state index contributed by atoms with van der Waals surface area (Å²) in [6.45, 7) is 6.32. The fourth-order valence-electron chi connectivity index (χ4n) is 4.93. The van der Waals surface area contributed by atoms with Crippen LogP contribution in [0.5, 0.6) is 11.5 Å². The van der Waals surface area contributed by atoms with Crippen LogP contribution in [0.15, 0.2) is 42.5 Å². The Kier molecular flexibility index (Phi) is 6.28. The summed E-state index contributed by atoms with van der Waals surface area (Å²) < 4.78 is 25.3. The average Bonchev–Trinajstić information content (AvgIpc) is 3.32. The Morgan fingerprint density at radius 3 is 2.50 bits per heavy atom. The largest absolute Gasteiger partial charge is 0.486 e. The van der Waals surface area contributed by atoms with Gasteiger partial charge in [0.05, 0.1) is 12.6 Å². The quantitative estimate of drug-likeness (QED) is 0.717. The van der Waals surface area contributed by atoms with Gasteiger partial charge in [-0.15, -0.1) is 0 Å². The zero-order chi connectivity index (χ0) is 21.9. The molecule has 0 spiro atoms. The molecule has 32 heavy (non-hydrogen) atoms. The number of fused-ring (bicyclic) bond motifs is 1. The number of rotatable bonds is 5. The molecule has 170 valence electrons. The lowest BCUT2D eigenvalue weighted by molar-refractivity contribution is -0.133. The number of carbonyl (C=O) groups is 1. The van der Waals surface area contributed by atoms with Crippen molar-refractivity contribution in [2.24, 2.45) is 0 Å². The highest BCUT2D eigenvalue weighted by atomic mass is 19.1. The summed E-state index contributed by atoms with van der Waals surface area (Å²) in [6, 6.07) is 13.1. The first kappa shape index (κ1) is 21.2. The molecular formula is C25H30FN3O3. The molecule has 0 N–H and O–H groups in total. The van der Waals surface area contributed by atoms with E-state index in [0.717, 1.165) is 68.2 Å². The molecule has 0 aromatic heterocycles. The SMILES string of the molecule is O=C(CN1CCN(Cc2ccccc2F)CC1)N1CCC[C@@H]1c1ccc2c(c1)OCCO2. The normalized spacial score (nSPS) is 21.7. The molecule has 0 unspecified atom stereocenters. The van der Waals surface area contributed by atoms with Crippen LogP contribution in [0.2, 0.25) is 0 Å². The first-order valence-electron chi connectivity index (χ1n) is 11.5. The van der Waals surface area contributed by atoms with E-state index in [4.69, 9.17) is 9.47 Å². The molecule has 7 heteroatoms. The molecule has 0 aliphatic carbocycles. The molecule has 2 fully saturated rings. The highest BCUT2D eigenvalue weighted by Gasteiger charge is 2.32. The number of likely N-dealkylation sites (tertiary alicyclic amines) is 1. The van der Waals surface area contributed by atoms with Crippen LogP contribution >= 0.6 is 0 Å². The molecule has 2 aromatic rings. The average molecular weight is 440 g/mol. The number of benzene rings is 2. The number of carbonyl (C=O) groups excluding carboxylic acids is 1. The topological polar surface area (TPSA) is 45.3 Å². The summed E-state index contributed by atoms with van der Waals surface area (Å²) in [5.41, 5.74) is 1.85. The lowest BCUT2D eigenvalue weighted by Gasteiger charge is -2.36. The highest BCUT2D eigenvalue weighted by Crippen LogP contribution is 2.38. The van der Waals surface area contributed by atoms with Crippen LogP contribution in [0.4, 0.5) is 4.39 Å². The number of amides is 1. The number of nitrogens with zero attached hydrogens (tertiary/aromatic N) is 3. The molecule has 3 aliphatic rings. The molecule has 0 bridgehead atoms. The Labute approximate surface area is 188 Å². The maximum Gasteiger partial charge on any atom is 0.237 e. The van der Waals surface area contributed by atoms with Gasteiger partial charge in [-0.3, -0.25) is 14.6 Å². The lowest BCUT2D eigenvalue weighted by Crippen LogP contribution is -2.49. The minimum atomic E-state index is -0.149. The summed E-state index contributed by atoms with van der Waals surface area (Å²) >= 11 is 0. The second kappa shape index (κ2) is 9.46. The van der Waals surface area contributed by atoms with Crippen LogP contribution in [0, 0.1) is 5.82 Å². The van der Waals surface area contributed by atoms with Gasteiger partial charge in [0, 0.05) is 44.8 Å². The second-order valence-corrected chi connectivity index (χ2v) is 8.79. The van der Waals surface area contributed by atoms with E-state index in [1.165, 1.54) is 6.07 Å². The van der Waals surface area contributed by atoms with E-state index in [9.17, 15) is 9.18 Å². The lowest BCUT2D eigenvalue weighted by atomic mass is 10.0. The zero-order valence-corrected chi connectivity index (χ0v) is 18.3. The number of piperazine rings is 1. The second-order valence-electron chi connectivity index (χ2n) is 8.79. The first-order valence-corrected chi connectivity index (χ1v) is 11.5. The van der Waals surface area contributed by atoms with Crippen molar-refractivity contribution in [1.29, 1.82) is 0 Å². The van der Waals surface area contributed by atoms with Crippen molar-refractivity contribution in [1.82, 2.24) is 14.7 Å². The van der Waals surface area contributed by atoms with Crippen LogP contribution in [-0.2, 0) is 11.3 Å². The van der Waals surface area contributed by atoms with E-state index in [1.54, 1.807) is 6.07 Å². The van der Waals surface area contributed by atoms with Crippen molar-refractivity contribution in [3.05, 3.63) is 59.4 Å². The predicted octanol–water partition coefficient (Wildman–Crippen LogP) is 3.08. The van der Waals surface area contributed by atoms with Crippen LogP contribution in [0.3, 0.4) is 0 Å². The summed E-state index contributed by atoms with van der Waals surface area (Å²) in [6.07, 6.45) is 1.99. The molecule has 1 amide bonds. The summed E-state index contributed by atoms with van der Waals surface area (Å²) in [5, 5.41) is 0. The van der Waals surface area contributed by atoms with E-state index >= 15 is 0 Å². The van der Waals surface area contributed by atoms with Gasteiger partial charge in [0.25, 0.3) is 0 Å². The Hall–Kier alpha value is -2.64. The third-order valence-corrected chi connectivity index (χ3v) is 6.70. The summed E-state index contributed by atoms with van der Waals surface area (Å²) in [5.74, 6) is 1.59. The highest BCUT2D eigenvalue weighted by molar-refractivity contribution is 5.79. The Bertz CT molecular complexity index is 961. The molecule has 0 saturated carbocycles. The summed E-state index contributed by atoms with van der Waals surface area (Å²) in [4.78, 5) is 19.7. The van der Waals surface area contributed by atoms with E-state index in [-0.39, 0.29) is 17.8 Å². The van der Waals surface area contributed by atoms with Crippen LogP contribution < -0.4 is 9.47 Å². The van der Waals surface area contributed by atoms with Gasteiger partial charge in [-0.05, 0) is 36.6 Å². The van der Waals surface area contributed by atoms with Gasteiger partial charge in [0.1, 0.15) is 19.0 Å². The Morgan fingerprint density at radius 2 is 1.69 bits per heavy atom. The first-order chi connectivity index (χ1) is 15.7. The molecule has 0 radical (unpaired) electrons. The van der Waals surface area contributed by atoms with Gasteiger partial charge in [0.15, 0.2) is 11.5 Å². The van der Waals surface area contributed by atoms with Crippen molar-refractivity contribution in [2.45, 2.75) is 25.4 Å². The van der Waals surface area contributed by atoms with Crippen molar-refractivity contribution in [3.8, 4) is 11.5 Å². The van der Waals surface area contributed by atoms with E-state index in [0.29, 0.717) is 26.3 Å². The minimum absolute atomic E-state index is 0.0978. The minimum Gasteiger partial charge on any atom is -0.486 e. The molecule has 1 atom stereocenters. The van der Waals surface area contributed by atoms with Crippen LogP contribution in [0.25, 0.3) is 0 Å². The standard InChI is InChI=1S/C25H30FN3O3/c26-21-5-2-1-4-20(21)17-27-10-12-28(13-11-27)18-25(30)29-9-3-6-22(29)19-7-8-23-24(16-19)32-15-14-31-23/h1-2,4-5,7-8,16,22H,3,6,9-15,17-18H2/t22-/m1/s1. The van der Waals surface area contributed by atoms with Gasteiger partial charge < -0.3 is 14.4 Å². The number of hydrogen-bond donors (Lipinski definition) is 0. The molecular weight excluding hydrogens is 409 g/mol. The van der Waals surface area contributed by atoms with Gasteiger partial charge in [0.2, 0.25) is 5.91 Å². The van der Waals surface area contributed by atoms with E-state index in [2.05, 4.69) is 15.9 Å². The maximum atomic E-state index is 13.9. The van der Waals surface area contributed by atoms with Gasteiger partial charge in [-0.25, -0.2) is 4.39 Å². The fraction of sp³-hybridized carbons (Fsp3) is 0.480. The van der Waals surface area contributed by atoms with Crippen molar-refractivity contribution in [2.75, 3.05) is 52.5 Å². The number of hydrogen-bond acceptors (Lipinski definition) is 5. The monoisotopic (exact) mass is 439 g/mol. The van der Waals surface area contributed by atoms with Gasteiger partial charge >= 0.3 is 0 Å². The fourth-order valence-corrected chi connectivity index (χ4v) is 4.93. The third-order valence-electron chi connectivity index (χ3n) is 6.70. The van der Waals surface area contributed by atoms with Crippen LogP contribution in [-0.4, -0.2) is 73.1 Å². The molecule has 5 rings (SSSR count). The number of halogens is 1. The summed E-state index contributed by atoms with van der Waals surface area (Å²) in [7, 11) is 0. The van der Waals surface area contributed by atoms with E-state index < -0.39 is 0 Å². The Balaban J connectivity index is 1.16. The van der Waals surface area contributed by atoms with Crippen molar-refractivity contribution in [3.63, 3.8) is 0 Å². The zero-order valence-electron chi connectivity index (χ0n) is 18.3. The molecule has 2 saturated heterocycles. The van der Waals surface area contributed by atoms with E-state index in [1.807, 2.05) is 29.2 Å². The van der Waals surface area contributed by atoms with Crippen molar-refractivity contribution >= 4 is 5.91 Å². The maximum absolute atomic E-state index is 13.9. The van der Waals surface area contributed by atoms with Gasteiger partial charge in [-0.1, -0.05) is 24.3 Å². The molecule has 3 aliphatic heterocycles.